The highest BCUT2D eigenvalue weighted by Crippen LogP contribution is 2.28. The summed E-state index contributed by atoms with van der Waals surface area (Å²) in [6.07, 6.45) is 8.91. The van der Waals surface area contributed by atoms with Crippen molar-refractivity contribution in [2.24, 2.45) is 4.99 Å². The molecule has 2 aliphatic rings. The topological polar surface area (TPSA) is 37.3 Å². The molecule has 3 nitrogen and oxygen atoms in total. The monoisotopic (exact) mass is 269 g/mol. The number of dihydropyridines is 1. The third-order valence-electron chi connectivity index (χ3n) is 4.36. The fourth-order valence-corrected chi connectivity index (χ4v) is 3.31. The number of aromatic nitrogens is 1. The van der Waals surface area contributed by atoms with E-state index in [4.69, 9.17) is 4.99 Å². The number of piperidine rings is 1. The standard InChI is InChI=1S/C17H23N3/c1-12-6-4-10-18-16(12)14-8-3-9-15(20-14)17-13(2)7-5-11-19-17/h4,6-7,10,14-15,20H,3,5,8-9,11H2,1-2H3. The van der Waals surface area contributed by atoms with Gasteiger partial charge in [-0.2, -0.15) is 0 Å². The third-order valence-corrected chi connectivity index (χ3v) is 4.36. The van der Waals surface area contributed by atoms with Gasteiger partial charge in [0, 0.05) is 18.8 Å². The maximum absolute atomic E-state index is 4.75. The minimum absolute atomic E-state index is 0.368. The van der Waals surface area contributed by atoms with Crippen LogP contribution in [0.4, 0.5) is 0 Å². The van der Waals surface area contributed by atoms with Crippen LogP contribution in [0.2, 0.25) is 0 Å². The Labute approximate surface area is 121 Å². The van der Waals surface area contributed by atoms with Gasteiger partial charge in [-0.3, -0.25) is 9.98 Å². The number of nitrogens with one attached hydrogen (secondary N) is 1. The summed E-state index contributed by atoms with van der Waals surface area (Å²) in [4.78, 5) is 9.33. The molecule has 20 heavy (non-hydrogen) atoms. The van der Waals surface area contributed by atoms with Gasteiger partial charge in [0.15, 0.2) is 0 Å². The Kier molecular flexibility index (Phi) is 3.97. The van der Waals surface area contributed by atoms with Gasteiger partial charge in [0.1, 0.15) is 0 Å². The van der Waals surface area contributed by atoms with Crippen LogP contribution in [0.3, 0.4) is 0 Å². The van der Waals surface area contributed by atoms with Gasteiger partial charge >= 0.3 is 0 Å². The summed E-state index contributed by atoms with van der Waals surface area (Å²) in [5.41, 5.74) is 5.11. The Morgan fingerprint density at radius 1 is 1.20 bits per heavy atom. The summed E-state index contributed by atoms with van der Waals surface area (Å²) in [5, 5.41) is 3.78. The lowest BCUT2D eigenvalue weighted by atomic mass is 9.89. The fourth-order valence-electron chi connectivity index (χ4n) is 3.31. The fraction of sp³-hybridized carbons (Fsp3) is 0.529. The number of pyridine rings is 1. The quantitative estimate of drug-likeness (QED) is 0.894. The Bertz CT molecular complexity index is 545. The zero-order valence-corrected chi connectivity index (χ0v) is 12.4. The minimum atomic E-state index is 0.368. The molecule has 0 saturated carbocycles. The first-order valence-electron chi connectivity index (χ1n) is 7.65. The Balaban J connectivity index is 1.79. The van der Waals surface area contributed by atoms with Gasteiger partial charge in [0.25, 0.3) is 0 Å². The smallest absolute Gasteiger partial charge is 0.0602 e. The number of rotatable bonds is 2. The van der Waals surface area contributed by atoms with Crippen molar-refractivity contribution < 1.29 is 0 Å². The molecule has 2 aliphatic heterocycles. The van der Waals surface area contributed by atoms with Crippen molar-refractivity contribution in [3.05, 3.63) is 41.2 Å². The van der Waals surface area contributed by atoms with Crippen LogP contribution in [-0.4, -0.2) is 23.3 Å². The molecular weight excluding hydrogens is 246 g/mol. The number of aryl methyl sites for hydroxylation is 1. The SMILES string of the molecule is CC1=CCCN=C1C1CCCC(c2ncccc2C)N1. The van der Waals surface area contributed by atoms with E-state index in [2.05, 4.69) is 36.3 Å². The predicted molar refractivity (Wildman–Crippen MR) is 83.2 cm³/mol. The van der Waals surface area contributed by atoms with Gasteiger partial charge in [-0.15, -0.1) is 0 Å². The van der Waals surface area contributed by atoms with Gasteiger partial charge in [-0.1, -0.05) is 12.1 Å². The summed E-state index contributed by atoms with van der Waals surface area (Å²) in [6, 6.07) is 4.92. The molecule has 1 saturated heterocycles. The lowest BCUT2D eigenvalue weighted by Gasteiger charge is -2.33. The molecule has 2 unspecified atom stereocenters. The highest BCUT2D eigenvalue weighted by atomic mass is 15.0. The van der Waals surface area contributed by atoms with Crippen molar-refractivity contribution in [3.8, 4) is 0 Å². The predicted octanol–water partition coefficient (Wildman–Crippen LogP) is 3.36. The highest BCUT2D eigenvalue weighted by Gasteiger charge is 2.28. The second-order valence-electron chi connectivity index (χ2n) is 5.85. The molecule has 0 amide bonds. The van der Waals surface area contributed by atoms with Crippen LogP contribution in [0.1, 0.15) is 49.9 Å². The van der Waals surface area contributed by atoms with Crippen molar-refractivity contribution in [3.63, 3.8) is 0 Å². The van der Waals surface area contributed by atoms with Crippen molar-refractivity contribution in [2.45, 2.75) is 51.6 Å². The lowest BCUT2D eigenvalue weighted by molar-refractivity contribution is 0.368. The Morgan fingerprint density at radius 2 is 2.05 bits per heavy atom. The first-order valence-corrected chi connectivity index (χ1v) is 7.65. The Morgan fingerprint density at radius 3 is 2.85 bits per heavy atom. The van der Waals surface area contributed by atoms with Crippen molar-refractivity contribution in [2.75, 3.05) is 6.54 Å². The van der Waals surface area contributed by atoms with Gasteiger partial charge in [-0.25, -0.2) is 0 Å². The largest absolute Gasteiger partial charge is 0.300 e. The summed E-state index contributed by atoms with van der Waals surface area (Å²) < 4.78 is 0. The summed E-state index contributed by atoms with van der Waals surface area (Å²) in [7, 11) is 0. The molecule has 0 aliphatic carbocycles. The average Bonchev–Trinajstić information content (AvgIpc) is 2.48. The lowest BCUT2D eigenvalue weighted by Crippen LogP contribution is -2.43. The van der Waals surface area contributed by atoms with E-state index in [9.17, 15) is 0 Å². The molecular formula is C17H23N3. The average molecular weight is 269 g/mol. The van der Waals surface area contributed by atoms with E-state index in [1.54, 1.807) is 0 Å². The number of aliphatic imine (C=N–C) groups is 1. The van der Waals surface area contributed by atoms with Crippen LogP contribution in [-0.2, 0) is 0 Å². The van der Waals surface area contributed by atoms with Crippen LogP contribution in [0, 0.1) is 6.92 Å². The molecule has 1 aromatic heterocycles. The van der Waals surface area contributed by atoms with Gasteiger partial charge in [-0.05, 0) is 56.7 Å². The highest BCUT2D eigenvalue weighted by molar-refractivity contribution is 6.04. The summed E-state index contributed by atoms with van der Waals surface area (Å²) >= 11 is 0. The van der Waals surface area contributed by atoms with Gasteiger partial charge in [0.05, 0.1) is 17.4 Å². The molecule has 1 fully saturated rings. The number of nitrogens with zero attached hydrogens (tertiary/aromatic N) is 2. The van der Waals surface area contributed by atoms with Crippen molar-refractivity contribution in [1.82, 2.24) is 10.3 Å². The third kappa shape index (κ3) is 2.68. The zero-order chi connectivity index (χ0) is 13.9. The Hall–Kier alpha value is -1.48. The molecule has 0 radical (unpaired) electrons. The zero-order valence-electron chi connectivity index (χ0n) is 12.4. The van der Waals surface area contributed by atoms with Crippen molar-refractivity contribution in [1.29, 1.82) is 0 Å². The molecule has 0 aromatic carbocycles. The van der Waals surface area contributed by atoms with E-state index in [-0.39, 0.29) is 0 Å². The van der Waals surface area contributed by atoms with E-state index >= 15 is 0 Å². The second-order valence-corrected chi connectivity index (χ2v) is 5.85. The molecule has 2 atom stereocenters. The summed E-state index contributed by atoms with van der Waals surface area (Å²) in [5.74, 6) is 0. The molecule has 106 valence electrons. The molecule has 3 heteroatoms. The van der Waals surface area contributed by atoms with Crippen LogP contribution < -0.4 is 5.32 Å². The number of hydrogen-bond donors (Lipinski definition) is 1. The van der Waals surface area contributed by atoms with E-state index < -0.39 is 0 Å². The van der Waals surface area contributed by atoms with E-state index in [1.807, 2.05) is 12.3 Å². The summed E-state index contributed by atoms with van der Waals surface area (Å²) in [6.45, 7) is 5.28. The normalized spacial score (nSPS) is 26.9. The maximum Gasteiger partial charge on any atom is 0.0602 e. The van der Waals surface area contributed by atoms with E-state index in [0.717, 1.165) is 13.0 Å². The van der Waals surface area contributed by atoms with Gasteiger partial charge < -0.3 is 5.32 Å². The second kappa shape index (κ2) is 5.88. The van der Waals surface area contributed by atoms with Crippen molar-refractivity contribution >= 4 is 5.71 Å². The van der Waals surface area contributed by atoms with Crippen LogP contribution in [0.5, 0.6) is 0 Å². The molecule has 0 bridgehead atoms. The molecule has 0 spiro atoms. The molecule has 3 heterocycles. The van der Waals surface area contributed by atoms with Crippen LogP contribution in [0.25, 0.3) is 0 Å². The van der Waals surface area contributed by atoms with E-state index in [0.29, 0.717) is 12.1 Å². The number of hydrogen-bond acceptors (Lipinski definition) is 3. The van der Waals surface area contributed by atoms with Crippen LogP contribution >= 0.6 is 0 Å². The molecule has 1 N–H and O–H groups in total. The van der Waals surface area contributed by atoms with Crippen LogP contribution in [0.15, 0.2) is 35.0 Å². The first-order chi connectivity index (χ1) is 9.75. The maximum atomic E-state index is 4.75. The first kappa shape index (κ1) is 13.5. The molecule has 3 rings (SSSR count). The molecule has 1 aromatic rings. The van der Waals surface area contributed by atoms with Gasteiger partial charge in [0.2, 0.25) is 0 Å². The minimum Gasteiger partial charge on any atom is -0.300 e. The van der Waals surface area contributed by atoms with E-state index in [1.165, 1.54) is 41.8 Å².